The van der Waals surface area contributed by atoms with Gasteiger partial charge in [-0.2, -0.15) is 0 Å². The van der Waals surface area contributed by atoms with Crippen molar-refractivity contribution < 1.29 is 4.42 Å². The minimum Gasteiger partial charge on any atom is -0.456 e. The number of benzene rings is 1. The van der Waals surface area contributed by atoms with Crippen LogP contribution in [0.5, 0.6) is 0 Å². The van der Waals surface area contributed by atoms with Crippen LogP contribution in [0, 0.1) is 0 Å². The highest BCUT2D eigenvalue weighted by molar-refractivity contribution is 9.10. The number of rotatable bonds is 1. The summed E-state index contributed by atoms with van der Waals surface area (Å²) in [6.07, 6.45) is 3.54. The fourth-order valence-electron chi connectivity index (χ4n) is 1.64. The van der Waals surface area contributed by atoms with Gasteiger partial charge in [-0.15, -0.1) is 0 Å². The van der Waals surface area contributed by atoms with Crippen LogP contribution in [0.25, 0.3) is 22.3 Å². The van der Waals surface area contributed by atoms with Crippen molar-refractivity contribution in [3.8, 4) is 11.3 Å². The third-order valence-electron chi connectivity index (χ3n) is 2.45. The summed E-state index contributed by atoms with van der Waals surface area (Å²) >= 11 is 3.41. The van der Waals surface area contributed by atoms with Gasteiger partial charge in [0.1, 0.15) is 11.3 Å². The molecule has 3 rings (SSSR count). The summed E-state index contributed by atoms with van der Waals surface area (Å²) in [6.45, 7) is 0. The van der Waals surface area contributed by atoms with E-state index in [4.69, 9.17) is 4.42 Å². The fourth-order valence-corrected chi connectivity index (χ4v) is 1.91. The summed E-state index contributed by atoms with van der Waals surface area (Å²) in [5.41, 5.74) is 1.94. The molecule has 2 aromatic heterocycles. The zero-order valence-corrected chi connectivity index (χ0v) is 9.94. The molecule has 0 aliphatic heterocycles. The fraction of sp³-hybridized carbons (Fsp3) is 0. The smallest absolute Gasteiger partial charge is 0.137 e. The highest BCUT2D eigenvalue weighted by atomic mass is 79.9. The molecule has 3 aromatic rings. The highest BCUT2D eigenvalue weighted by Gasteiger charge is 2.05. The molecule has 0 bridgehead atoms. The summed E-state index contributed by atoms with van der Waals surface area (Å²) in [6, 6.07) is 11.9. The molecular formula is C13H8BrNO. The molecule has 0 aliphatic carbocycles. The summed E-state index contributed by atoms with van der Waals surface area (Å²) in [5, 5.41) is 1.03. The molecule has 0 aliphatic rings. The lowest BCUT2D eigenvalue weighted by Gasteiger charge is -1.95. The topological polar surface area (TPSA) is 26.0 Å². The van der Waals surface area contributed by atoms with Gasteiger partial charge in [0.05, 0.1) is 0 Å². The average molecular weight is 274 g/mol. The molecule has 0 unspecified atom stereocenters. The van der Waals surface area contributed by atoms with Gasteiger partial charge < -0.3 is 4.42 Å². The second kappa shape index (κ2) is 3.76. The van der Waals surface area contributed by atoms with Crippen LogP contribution in [0.3, 0.4) is 0 Å². The van der Waals surface area contributed by atoms with Crippen molar-refractivity contribution >= 4 is 26.9 Å². The van der Waals surface area contributed by atoms with Crippen LogP contribution >= 0.6 is 15.9 Å². The Kier molecular flexibility index (Phi) is 2.26. The third kappa shape index (κ3) is 1.63. The maximum atomic E-state index is 5.74. The summed E-state index contributed by atoms with van der Waals surface area (Å²) in [7, 11) is 0. The van der Waals surface area contributed by atoms with Crippen molar-refractivity contribution in [3.63, 3.8) is 0 Å². The second-order valence-electron chi connectivity index (χ2n) is 3.53. The van der Waals surface area contributed by atoms with E-state index in [9.17, 15) is 0 Å². The summed E-state index contributed by atoms with van der Waals surface area (Å²) in [4.78, 5) is 4.07. The van der Waals surface area contributed by atoms with Crippen LogP contribution < -0.4 is 0 Å². The van der Waals surface area contributed by atoms with E-state index in [1.807, 2.05) is 36.4 Å². The predicted octanol–water partition coefficient (Wildman–Crippen LogP) is 4.26. The number of hydrogen-bond donors (Lipinski definition) is 0. The molecule has 0 atom stereocenters. The molecule has 78 valence electrons. The number of furan rings is 1. The molecule has 0 fully saturated rings. The number of nitrogens with zero attached hydrogens (tertiary/aromatic N) is 1. The van der Waals surface area contributed by atoms with E-state index in [1.165, 1.54) is 0 Å². The van der Waals surface area contributed by atoms with E-state index >= 15 is 0 Å². The van der Waals surface area contributed by atoms with Crippen molar-refractivity contribution in [1.29, 1.82) is 0 Å². The van der Waals surface area contributed by atoms with Gasteiger partial charge in [0.2, 0.25) is 0 Å². The predicted molar refractivity (Wildman–Crippen MR) is 67.1 cm³/mol. The van der Waals surface area contributed by atoms with Crippen LogP contribution in [-0.2, 0) is 0 Å². The number of halogens is 1. The first kappa shape index (κ1) is 9.60. The molecule has 3 heteroatoms. The van der Waals surface area contributed by atoms with Gasteiger partial charge in [-0.3, -0.25) is 4.98 Å². The Balaban J connectivity index is 2.15. The Morgan fingerprint density at radius 3 is 2.62 bits per heavy atom. The van der Waals surface area contributed by atoms with Gasteiger partial charge in [-0.1, -0.05) is 28.1 Å². The molecule has 2 heterocycles. The van der Waals surface area contributed by atoms with E-state index in [1.54, 1.807) is 12.4 Å². The van der Waals surface area contributed by atoms with Gasteiger partial charge in [-0.25, -0.2) is 0 Å². The second-order valence-corrected chi connectivity index (χ2v) is 4.45. The third-order valence-corrected chi connectivity index (χ3v) is 2.97. The molecule has 0 spiro atoms. The zero-order chi connectivity index (χ0) is 11.0. The minimum atomic E-state index is 0.868. The van der Waals surface area contributed by atoms with Gasteiger partial charge in [0.15, 0.2) is 0 Å². The molecule has 0 N–H and O–H groups in total. The average Bonchev–Trinajstić information content (AvgIpc) is 2.73. The van der Waals surface area contributed by atoms with E-state index in [0.29, 0.717) is 0 Å². The SMILES string of the molecule is Brc1ccc(-c2cc3cnccc3o2)cc1. The van der Waals surface area contributed by atoms with Crippen molar-refractivity contribution in [1.82, 2.24) is 4.98 Å². The Hall–Kier alpha value is -1.61. The maximum absolute atomic E-state index is 5.74. The van der Waals surface area contributed by atoms with Crippen LogP contribution in [0.15, 0.2) is 57.7 Å². The molecule has 1 aromatic carbocycles. The van der Waals surface area contributed by atoms with E-state index in [-0.39, 0.29) is 0 Å². The Labute approximate surface area is 101 Å². The monoisotopic (exact) mass is 273 g/mol. The van der Waals surface area contributed by atoms with Crippen molar-refractivity contribution in [2.75, 3.05) is 0 Å². The van der Waals surface area contributed by atoms with E-state index in [0.717, 1.165) is 26.8 Å². The van der Waals surface area contributed by atoms with Crippen molar-refractivity contribution in [2.24, 2.45) is 0 Å². The first-order valence-electron chi connectivity index (χ1n) is 4.92. The molecule has 0 saturated heterocycles. The lowest BCUT2D eigenvalue weighted by Crippen LogP contribution is -1.71. The van der Waals surface area contributed by atoms with Crippen LogP contribution in [-0.4, -0.2) is 4.98 Å². The first-order chi connectivity index (χ1) is 7.83. The Morgan fingerprint density at radius 1 is 1.06 bits per heavy atom. The lowest BCUT2D eigenvalue weighted by molar-refractivity contribution is 0.631. The molecule has 0 amide bonds. The summed E-state index contributed by atoms with van der Waals surface area (Å²) in [5.74, 6) is 0.871. The maximum Gasteiger partial charge on any atom is 0.137 e. The molecule has 0 radical (unpaired) electrons. The van der Waals surface area contributed by atoms with Crippen LogP contribution in [0.4, 0.5) is 0 Å². The van der Waals surface area contributed by atoms with Gasteiger partial charge in [0, 0.05) is 27.8 Å². The lowest BCUT2D eigenvalue weighted by atomic mass is 10.2. The molecular weight excluding hydrogens is 266 g/mol. The van der Waals surface area contributed by atoms with Gasteiger partial charge in [0.25, 0.3) is 0 Å². The number of hydrogen-bond acceptors (Lipinski definition) is 2. The normalized spacial score (nSPS) is 10.8. The van der Waals surface area contributed by atoms with Crippen molar-refractivity contribution in [3.05, 3.63) is 53.3 Å². The standard InChI is InChI=1S/C13H8BrNO/c14-11-3-1-9(2-4-11)13-7-10-8-15-6-5-12(10)16-13/h1-8H. The highest BCUT2D eigenvalue weighted by Crippen LogP contribution is 2.27. The molecule has 2 nitrogen and oxygen atoms in total. The van der Waals surface area contributed by atoms with E-state index < -0.39 is 0 Å². The molecule has 0 saturated carbocycles. The zero-order valence-electron chi connectivity index (χ0n) is 8.35. The Morgan fingerprint density at radius 2 is 1.88 bits per heavy atom. The quantitative estimate of drug-likeness (QED) is 0.662. The minimum absolute atomic E-state index is 0.868. The van der Waals surface area contributed by atoms with Crippen LogP contribution in [0.1, 0.15) is 0 Å². The number of pyridine rings is 1. The van der Waals surface area contributed by atoms with Crippen molar-refractivity contribution in [2.45, 2.75) is 0 Å². The van der Waals surface area contributed by atoms with Gasteiger partial charge in [-0.05, 0) is 24.3 Å². The molecule has 16 heavy (non-hydrogen) atoms. The van der Waals surface area contributed by atoms with E-state index in [2.05, 4.69) is 20.9 Å². The largest absolute Gasteiger partial charge is 0.456 e. The number of aromatic nitrogens is 1. The first-order valence-corrected chi connectivity index (χ1v) is 5.72. The number of fused-ring (bicyclic) bond motifs is 1. The van der Waals surface area contributed by atoms with Gasteiger partial charge >= 0.3 is 0 Å². The van der Waals surface area contributed by atoms with Crippen LogP contribution in [0.2, 0.25) is 0 Å². The Bertz CT molecular complexity index is 595. The summed E-state index contributed by atoms with van der Waals surface area (Å²) < 4.78 is 6.80.